The highest BCUT2D eigenvalue weighted by molar-refractivity contribution is 7.55. The first-order chi connectivity index (χ1) is 11.0. The first-order valence-electron chi connectivity index (χ1n) is 8.13. The summed E-state index contributed by atoms with van der Waals surface area (Å²) in [5, 5.41) is 9.57. The molecule has 1 unspecified atom stereocenters. The summed E-state index contributed by atoms with van der Waals surface area (Å²) in [5.41, 5.74) is -1.93. The largest absolute Gasteiger partial charge is 0.481 e. The van der Waals surface area contributed by atoms with Gasteiger partial charge in [-0.05, 0) is 41.0 Å². The molecule has 9 heteroatoms. The number of hydrogen-bond donors (Lipinski definition) is 1. The highest BCUT2D eigenvalue weighted by Crippen LogP contribution is 2.56. The lowest BCUT2D eigenvalue weighted by molar-refractivity contribution is -0.138. The zero-order valence-corrected chi connectivity index (χ0v) is 15.9. The van der Waals surface area contributed by atoms with E-state index in [-0.39, 0.29) is 19.8 Å². The highest BCUT2D eigenvalue weighted by atomic mass is 31.2. The van der Waals surface area contributed by atoms with E-state index in [1.807, 2.05) is 0 Å². The SMILES string of the molecule is CCOP(=O)(OCC)C(C(=O)O)[C@H]1CCN(C(=O)OC(C)(C)C)C1. The van der Waals surface area contributed by atoms with Crippen molar-refractivity contribution < 1.29 is 33.0 Å². The number of rotatable bonds is 7. The monoisotopic (exact) mass is 365 g/mol. The first kappa shape index (κ1) is 20.9. The lowest BCUT2D eigenvalue weighted by atomic mass is 10.0. The van der Waals surface area contributed by atoms with Crippen LogP contribution >= 0.6 is 7.60 Å². The summed E-state index contributed by atoms with van der Waals surface area (Å²) in [6.07, 6.45) is -0.0998. The standard InChI is InChI=1S/C15H28NO7P/c1-6-21-24(20,22-7-2)12(13(17)18)11-8-9-16(10-11)14(19)23-15(3,4)5/h11-12H,6-10H2,1-5H3,(H,17,18)/t11-,12?/m0/s1. The molecule has 0 spiro atoms. The van der Waals surface area contributed by atoms with Crippen molar-refractivity contribution in [3.05, 3.63) is 0 Å². The number of carboxylic acids is 1. The molecule has 1 aliphatic rings. The quantitative estimate of drug-likeness (QED) is 0.692. The lowest BCUT2D eigenvalue weighted by Gasteiger charge is -2.28. The minimum atomic E-state index is -3.81. The molecule has 0 radical (unpaired) electrons. The van der Waals surface area contributed by atoms with Crippen LogP contribution < -0.4 is 0 Å². The molecule has 1 N–H and O–H groups in total. The number of carbonyl (C=O) groups is 2. The van der Waals surface area contributed by atoms with Crippen molar-refractivity contribution in [1.82, 2.24) is 4.90 Å². The van der Waals surface area contributed by atoms with E-state index < -0.39 is 36.8 Å². The molecule has 0 aromatic carbocycles. The summed E-state index contributed by atoms with van der Waals surface area (Å²) in [5.74, 6) is -1.75. The number of likely N-dealkylation sites (tertiary alicyclic amines) is 1. The number of hydrogen-bond acceptors (Lipinski definition) is 6. The normalized spacial score (nSPS) is 20.0. The molecular weight excluding hydrogens is 337 g/mol. The molecule has 1 aliphatic heterocycles. The van der Waals surface area contributed by atoms with Crippen LogP contribution in [0.2, 0.25) is 0 Å². The zero-order chi connectivity index (χ0) is 18.5. The average Bonchev–Trinajstić information content (AvgIpc) is 2.86. The Morgan fingerprint density at radius 3 is 2.21 bits per heavy atom. The van der Waals surface area contributed by atoms with E-state index in [4.69, 9.17) is 13.8 Å². The highest BCUT2D eigenvalue weighted by Gasteiger charge is 2.49. The van der Waals surface area contributed by atoms with Gasteiger partial charge in [0.2, 0.25) is 0 Å². The van der Waals surface area contributed by atoms with Gasteiger partial charge in [-0.1, -0.05) is 0 Å². The summed E-state index contributed by atoms with van der Waals surface area (Å²) in [6.45, 7) is 9.22. The molecule has 0 saturated carbocycles. The average molecular weight is 365 g/mol. The van der Waals surface area contributed by atoms with E-state index in [1.54, 1.807) is 34.6 Å². The molecule has 24 heavy (non-hydrogen) atoms. The van der Waals surface area contributed by atoms with Crippen LogP contribution in [0.3, 0.4) is 0 Å². The van der Waals surface area contributed by atoms with Crippen molar-refractivity contribution in [2.75, 3.05) is 26.3 Å². The maximum absolute atomic E-state index is 12.9. The summed E-state index contributed by atoms with van der Waals surface area (Å²) in [4.78, 5) is 25.3. The van der Waals surface area contributed by atoms with Gasteiger partial charge in [-0.15, -0.1) is 0 Å². The fraction of sp³-hybridized carbons (Fsp3) is 0.867. The van der Waals surface area contributed by atoms with E-state index in [0.717, 1.165) is 0 Å². The lowest BCUT2D eigenvalue weighted by Crippen LogP contribution is -2.38. The maximum Gasteiger partial charge on any atom is 0.410 e. The molecule has 1 amide bonds. The molecule has 8 nitrogen and oxygen atoms in total. The van der Waals surface area contributed by atoms with Crippen molar-refractivity contribution in [2.24, 2.45) is 5.92 Å². The fourth-order valence-electron chi connectivity index (χ4n) is 2.69. The predicted molar refractivity (Wildman–Crippen MR) is 88.2 cm³/mol. The first-order valence-corrected chi connectivity index (χ1v) is 9.74. The second-order valence-corrected chi connectivity index (χ2v) is 8.79. The van der Waals surface area contributed by atoms with E-state index in [9.17, 15) is 19.3 Å². The number of carbonyl (C=O) groups excluding carboxylic acids is 1. The Bertz CT molecular complexity index is 493. The number of aliphatic carboxylic acids is 1. The van der Waals surface area contributed by atoms with Crippen LogP contribution in [-0.4, -0.2) is 59.6 Å². The molecule has 1 saturated heterocycles. The van der Waals surface area contributed by atoms with Gasteiger partial charge in [0.25, 0.3) is 0 Å². The van der Waals surface area contributed by atoms with Crippen LogP contribution in [0, 0.1) is 5.92 Å². The fourth-order valence-corrected chi connectivity index (χ4v) is 4.84. The number of amides is 1. The van der Waals surface area contributed by atoms with Gasteiger partial charge in [-0.3, -0.25) is 9.36 Å². The molecule has 2 atom stereocenters. The smallest absolute Gasteiger partial charge is 0.410 e. The minimum Gasteiger partial charge on any atom is -0.481 e. The predicted octanol–water partition coefficient (Wildman–Crippen LogP) is 2.96. The molecular formula is C15H28NO7P. The molecule has 0 aromatic heterocycles. The Kier molecular flexibility index (Phi) is 7.25. The zero-order valence-electron chi connectivity index (χ0n) is 15.0. The van der Waals surface area contributed by atoms with Crippen LogP contribution in [0.1, 0.15) is 41.0 Å². The van der Waals surface area contributed by atoms with E-state index in [2.05, 4.69) is 0 Å². The number of carboxylic acid groups (broad SMARTS) is 1. The minimum absolute atomic E-state index is 0.0869. The van der Waals surface area contributed by atoms with Gasteiger partial charge in [0.15, 0.2) is 5.66 Å². The molecule has 1 heterocycles. The third-order valence-electron chi connectivity index (χ3n) is 3.53. The molecule has 0 aromatic rings. The second-order valence-electron chi connectivity index (χ2n) is 6.63. The molecule has 140 valence electrons. The van der Waals surface area contributed by atoms with Crippen molar-refractivity contribution in [3.8, 4) is 0 Å². The maximum atomic E-state index is 12.9. The van der Waals surface area contributed by atoms with Gasteiger partial charge < -0.3 is 23.8 Å². The topological polar surface area (TPSA) is 102 Å². The summed E-state index contributed by atoms with van der Waals surface area (Å²) < 4.78 is 28.6. The summed E-state index contributed by atoms with van der Waals surface area (Å²) in [6, 6.07) is 0. The Labute approximate surface area is 143 Å². The van der Waals surface area contributed by atoms with Crippen LogP contribution in [0.5, 0.6) is 0 Å². The molecule has 1 fully saturated rings. The van der Waals surface area contributed by atoms with Crippen LogP contribution in [-0.2, 0) is 23.1 Å². The third-order valence-corrected chi connectivity index (χ3v) is 6.09. The molecule has 0 bridgehead atoms. The third kappa shape index (κ3) is 5.46. The van der Waals surface area contributed by atoms with Crippen molar-refractivity contribution in [2.45, 2.75) is 52.3 Å². The van der Waals surface area contributed by atoms with Gasteiger partial charge >= 0.3 is 19.7 Å². The Balaban J connectivity index is 2.90. The van der Waals surface area contributed by atoms with Crippen molar-refractivity contribution in [1.29, 1.82) is 0 Å². The number of ether oxygens (including phenoxy) is 1. The van der Waals surface area contributed by atoms with Gasteiger partial charge in [-0.25, -0.2) is 4.79 Å². The van der Waals surface area contributed by atoms with Crippen LogP contribution in [0.15, 0.2) is 0 Å². The summed E-state index contributed by atoms with van der Waals surface area (Å²) in [7, 11) is -3.81. The van der Waals surface area contributed by atoms with Crippen LogP contribution in [0.4, 0.5) is 4.79 Å². The van der Waals surface area contributed by atoms with Gasteiger partial charge in [0.05, 0.1) is 13.2 Å². The van der Waals surface area contributed by atoms with Crippen molar-refractivity contribution in [3.63, 3.8) is 0 Å². The van der Waals surface area contributed by atoms with E-state index in [0.29, 0.717) is 13.0 Å². The molecule has 1 rings (SSSR count). The Morgan fingerprint density at radius 1 is 1.25 bits per heavy atom. The van der Waals surface area contributed by atoms with Crippen molar-refractivity contribution >= 4 is 19.7 Å². The van der Waals surface area contributed by atoms with E-state index in [1.165, 1.54) is 4.90 Å². The van der Waals surface area contributed by atoms with Crippen LogP contribution in [0.25, 0.3) is 0 Å². The summed E-state index contributed by atoms with van der Waals surface area (Å²) >= 11 is 0. The number of nitrogens with zero attached hydrogens (tertiary/aromatic N) is 1. The second kappa shape index (κ2) is 8.32. The van der Waals surface area contributed by atoms with Gasteiger partial charge in [-0.2, -0.15) is 0 Å². The van der Waals surface area contributed by atoms with E-state index >= 15 is 0 Å². The Hall–Kier alpha value is -1.11. The van der Waals surface area contributed by atoms with Gasteiger partial charge in [0.1, 0.15) is 5.60 Å². The van der Waals surface area contributed by atoms with Gasteiger partial charge in [0, 0.05) is 19.0 Å². The molecule has 0 aliphatic carbocycles. The Morgan fingerprint density at radius 2 is 1.79 bits per heavy atom.